The van der Waals surface area contributed by atoms with Crippen LogP contribution >= 0.6 is 34.8 Å². The fourth-order valence-electron chi connectivity index (χ4n) is 1.13. The van der Waals surface area contributed by atoms with Crippen molar-refractivity contribution in [3.63, 3.8) is 0 Å². The lowest BCUT2D eigenvalue weighted by molar-refractivity contribution is 1.20. The van der Waals surface area contributed by atoms with Gasteiger partial charge >= 0.3 is 0 Å². The maximum Gasteiger partial charge on any atom is 0.150 e. The summed E-state index contributed by atoms with van der Waals surface area (Å²) in [5.41, 5.74) is 0.697. The van der Waals surface area contributed by atoms with Gasteiger partial charge in [0.2, 0.25) is 0 Å². The first-order chi connectivity index (χ1) is 7.65. The van der Waals surface area contributed by atoms with Crippen molar-refractivity contribution in [2.24, 2.45) is 0 Å². The van der Waals surface area contributed by atoms with E-state index in [1.54, 1.807) is 24.4 Å². The van der Waals surface area contributed by atoms with Gasteiger partial charge in [-0.1, -0.05) is 34.8 Å². The second kappa shape index (κ2) is 4.87. The zero-order valence-electron chi connectivity index (χ0n) is 7.92. The monoisotopic (exact) mass is 273 g/mol. The van der Waals surface area contributed by atoms with Gasteiger partial charge in [-0.25, -0.2) is 4.98 Å². The molecule has 0 aliphatic heterocycles. The Balaban J connectivity index is 2.27. The molecule has 0 fully saturated rings. The first-order valence-electron chi connectivity index (χ1n) is 4.35. The average Bonchev–Trinajstić information content (AvgIpc) is 2.22. The van der Waals surface area contributed by atoms with Crippen LogP contribution < -0.4 is 5.32 Å². The molecule has 0 unspecified atom stereocenters. The van der Waals surface area contributed by atoms with Gasteiger partial charge < -0.3 is 5.32 Å². The largest absolute Gasteiger partial charge is 0.338 e. The number of aromatic nitrogens is 2. The molecule has 0 bridgehead atoms. The molecule has 0 radical (unpaired) electrons. The van der Waals surface area contributed by atoms with Gasteiger partial charge in [-0.2, -0.15) is 0 Å². The lowest BCUT2D eigenvalue weighted by Gasteiger charge is -2.07. The normalized spacial score (nSPS) is 10.2. The van der Waals surface area contributed by atoms with Crippen molar-refractivity contribution in [2.75, 3.05) is 5.32 Å². The summed E-state index contributed by atoms with van der Waals surface area (Å²) < 4.78 is 0. The van der Waals surface area contributed by atoms with Crippen LogP contribution in [0.25, 0.3) is 0 Å². The minimum atomic E-state index is 0.315. The van der Waals surface area contributed by atoms with Crippen molar-refractivity contribution in [1.29, 1.82) is 0 Å². The molecule has 3 nitrogen and oxygen atoms in total. The molecule has 0 saturated carbocycles. The highest BCUT2D eigenvalue weighted by atomic mass is 35.5. The van der Waals surface area contributed by atoms with E-state index >= 15 is 0 Å². The summed E-state index contributed by atoms with van der Waals surface area (Å²) in [5.74, 6) is 0.525. The van der Waals surface area contributed by atoms with Crippen molar-refractivity contribution in [3.8, 4) is 0 Å². The standard InChI is InChI=1S/C10H6Cl3N3/c11-6-1-2-8(7(12)3-6)15-10-5-14-4-9(13)16-10/h1-5H,(H,15,16). The Hall–Kier alpha value is -1.03. The summed E-state index contributed by atoms with van der Waals surface area (Å²) in [5, 5.41) is 4.39. The Bertz CT molecular complexity index is 516. The van der Waals surface area contributed by atoms with Gasteiger partial charge in [0.05, 0.1) is 23.1 Å². The fourth-order valence-corrected chi connectivity index (χ4v) is 1.73. The molecular weight excluding hydrogens is 268 g/mol. The second-order valence-corrected chi connectivity index (χ2v) is 4.21. The van der Waals surface area contributed by atoms with E-state index < -0.39 is 0 Å². The molecule has 2 aromatic rings. The quantitative estimate of drug-likeness (QED) is 0.892. The third-order valence-corrected chi connectivity index (χ3v) is 2.53. The van der Waals surface area contributed by atoms with Gasteiger partial charge in [0.1, 0.15) is 5.15 Å². The molecule has 0 aliphatic rings. The molecule has 1 N–H and O–H groups in total. The lowest BCUT2D eigenvalue weighted by atomic mass is 10.3. The van der Waals surface area contributed by atoms with E-state index in [2.05, 4.69) is 15.3 Å². The Labute approximate surface area is 107 Å². The number of hydrogen-bond acceptors (Lipinski definition) is 3. The Kier molecular flexibility index (Phi) is 3.49. The highest BCUT2D eigenvalue weighted by Gasteiger charge is 2.03. The molecule has 0 saturated heterocycles. The first kappa shape index (κ1) is 11.5. The number of halogens is 3. The van der Waals surface area contributed by atoms with Crippen LogP contribution in [0.3, 0.4) is 0 Å². The van der Waals surface area contributed by atoms with E-state index in [1.807, 2.05) is 0 Å². The predicted octanol–water partition coefficient (Wildman–Crippen LogP) is 4.18. The van der Waals surface area contributed by atoms with Gasteiger partial charge in [-0.15, -0.1) is 0 Å². The van der Waals surface area contributed by atoms with E-state index in [0.29, 0.717) is 26.7 Å². The van der Waals surface area contributed by atoms with Crippen LogP contribution in [-0.4, -0.2) is 9.97 Å². The van der Waals surface area contributed by atoms with Gasteiger partial charge in [-0.05, 0) is 18.2 Å². The first-order valence-corrected chi connectivity index (χ1v) is 5.48. The number of rotatable bonds is 2. The van der Waals surface area contributed by atoms with Crippen LogP contribution in [0.15, 0.2) is 30.6 Å². The molecule has 1 aromatic carbocycles. The van der Waals surface area contributed by atoms with Gasteiger partial charge in [0.25, 0.3) is 0 Å². The Morgan fingerprint density at radius 1 is 1.06 bits per heavy atom. The number of hydrogen-bond donors (Lipinski definition) is 1. The third kappa shape index (κ3) is 2.76. The fraction of sp³-hybridized carbons (Fsp3) is 0. The number of nitrogens with zero attached hydrogens (tertiary/aromatic N) is 2. The topological polar surface area (TPSA) is 37.8 Å². The smallest absolute Gasteiger partial charge is 0.150 e. The van der Waals surface area contributed by atoms with Gasteiger partial charge in [-0.3, -0.25) is 4.98 Å². The van der Waals surface area contributed by atoms with Crippen LogP contribution in [0.1, 0.15) is 0 Å². The molecule has 0 aliphatic carbocycles. The maximum absolute atomic E-state index is 5.99. The highest BCUT2D eigenvalue weighted by Crippen LogP contribution is 2.27. The second-order valence-electron chi connectivity index (χ2n) is 2.98. The summed E-state index contributed by atoms with van der Waals surface area (Å²) in [6.45, 7) is 0. The van der Waals surface area contributed by atoms with Crippen molar-refractivity contribution in [3.05, 3.63) is 45.8 Å². The molecule has 16 heavy (non-hydrogen) atoms. The van der Waals surface area contributed by atoms with Crippen LogP contribution in [0.2, 0.25) is 15.2 Å². The predicted molar refractivity (Wildman–Crippen MR) is 66.8 cm³/mol. The van der Waals surface area contributed by atoms with Gasteiger partial charge in [0, 0.05) is 5.02 Å². The molecular formula is C10H6Cl3N3. The van der Waals surface area contributed by atoms with Crippen LogP contribution in [0.4, 0.5) is 11.5 Å². The molecule has 82 valence electrons. The number of anilines is 2. The average molecular weight is 275 g/mol. The zero-order chi connectivity index (χ0) is 11.5. The minimum absolute atomic E-state index is 0.315. The summed E-state index contributed by atoms with van der Waals surface area (Å²) in [7, 11) is 0. The molecule has 6 heteroatoms. The zero-order valence-corrected chi connectivity index (χ0v) is 10.2. The Morgan fingerprint density at radius 2 is 1.88 bits per heavy atom. The van der Waals surface area contributed by atoms with Crippen LogP contribution in [-0.2, 0) is 0 Å². The molecule has 0 atom stereocenters. The van der Waals surface area contributed by atoms with Crippen molar-refractivity contribution >= 4 is 46.3 Å². The minimum Gasteiger partial charge on any atom is -0.338 e. The highest BCUT2D eigenvalue weighted by molar-refractivity contribution is 6.36. The number of nitrogens with one attached hydrogen (secondary N) is 1. The Morgan fingerprint density at radius 3 is 2.56 bits per heavy atom. The van der Waals surface area contributed by atoms with E-state index in [4.69, 9.17) is 34.8 Å². The third-order valence-electron chi connectivity index (χ3n) is 1.80. The molecule has 0 amide bonds. The molecule has 1 aromatic heterocycles. The van der Waals surface area contributed by atoms with Crippen molar-refractivity contribution in [2.45, 2.75) is 0 Å². The summed E-state index contributed by atoms with van der Waals surface area (Å²) in [6, 6.07) is 5.13. The molecule has 0 spiro atoms. The lowest BCUT2D eigenvalue weighted by Crippen LogP contribution is -1.95. The number of benzene rings is 1. The van der Waals surface area contributed by atoms with E-state index in [0.717, 1.165) is 0 Å². The van der Waals surface area contributed by atoms with E-state index in [9.17, 15) is 0 Å². The van der Waals surface area contributed by atoms with E-state index in [1.165, 1.54) is 6.20 Å². The summed E-state index contributed by atoms with van der Waals surface area (Å²) in [4.78, 5) is 7.93. The van der Waals surface area contributed by atoms with Gasteiger partial charge in [0.15, 0.2) is 5.82 Å². The molecule has 1 heterocycles. The van der Waals surface area contributed by atoms with Crippen LogP contribution in [0.5, 0.6) is 0 Å². The summed E-state index contributed by atoms with van der Waals surface area (Å²) in [6.07, 6.45) is 3.01. The maximum atomic E-state index is 5.99. The summed E-state index contributed by atoms with van der Waals surface area (Å²) >= 11 is 17.5. The molecule has 2 rings (SSSR count). The van der Waals surface area contributed by atoms with E-state index in [-0.39, 0.29) is 0 Å². The SMILES string of the molecule is Clc1ccc(Nc2cncc(Cl)n2)c(Cl)c1. The van der Waals surface area contributed by atoms with Crippen molar-refractivity contribution < 1.29 is 0 Å². The van der Waals surface area contributed by atoms with Crippen LogP contribution in [0, 0.1) is 0 Å². The van der Waals surface area contributed by atoms with Crippen molar-refractivity contribution in [1.82, 2.24) is 9.97 Å².